The van der Waals surface area contributed by atoms with E-state index in [1.54, 1.807) is 0 Å². The van der Waals surface area contributed by atoms with Crippen LogP contribution in [0.3, 0.4) is 0 Å². The SMILES string of the molecule is CCCCC(C)/C=C\OC(C)=O. The Kier molecular flexibility index (Phi) is 6.44. The molecule has 2 nitrogen and oxygen atoms in total. The zero-order chi connectivity index (χ0) is 9.40. The third-order valence-corrected chi connectivity index (χ3v) is 1.65. The summed E-state index contributed by atoms with van der Waals surface area (Å²) in [7, 11) is 0. The third-order valence-electron chi connectivity index (χ3n) is 1.65. The standard InChI is InChI=1S/C10H18O2/c1-4-5-6-9(2)7-8-12-10(3)11/h7-9H,4-6H2,1-3H3/b8-7-. The lowest BCUT2D eigenvalue weighted by Crippen LogP contribution is -1.93. The number of allylic oxidation sites excluding steroid dienone is 1. The second-order valence-electron chi connectivity index (χ2n) is 3.06. The van der Waals surface area contributed by atoms with Crippen LogP contribution in [0.2, 0.25) is 0 Å². The Bertz CT molecular complexity index is 150. The van der Waals surface area contributed by atoms with Gasteiger partial charge in [-0.25, -0.2) is 0 Å². The van der Waals surface area contributed by atoms with Crippen LogP contribution in [-0.4, -0.2) is 5.97 Å². The Hall–Kier alpha value is -0.790. The molecule has 0 fully saturated rings. The van der Waals surface area contributed by atoms with Crippen LogP contribution in [-0.2, 0) is 9.53 Å². The molecule has 0 aliphatic heterocycles. The molecule has 1 unspecified atom stereocenters. The summed E-state index contributed by atoms with van der Waals surface area (Å²) in [5.41, 5.74) is 0. The average molecular weight is 170 g/mol. The molecule has 2 heteroatoms. The number of carbonyl (C=O) groups is 1. The highest BCUT2D eigenvalue weighted by atomic mass is 16.5. The summed E-state index contributed by atoms with van der Waals surface area (Å²) in [6, 6.07) is 0. The van der Waals surface area contributed by atoms with Crippen LogP contribution in [0.25, 0.3) is 0 Å². The first-order valence-electron chi connectivity index (χ1n) is 4.50. The molecule has 0 aromatic heterocycles. The molecule has 1 atom stereocenters. The Balaban J connectivity index is 3.46. The molecule has 0 rings (SSSR count). The van der Waals surface area contributed by atoms with E-state index >= 15 is 0 Å². The van der Waals surface area contributed by atoms with Gasteiger partial charge in [-0.3, -0.25) is 4.79 Å². The minimum Gasteiger partial charge on any atom is -0.435 e. The van der Waals surface area contributed by atoms with Crippen LogP contribution in [0.1, 0.15) is 40.0 Å². The number of hydrogen-bond acceptors (Lipinski definition) is 2. The van der Waals surface area contributed by atoms with Gasteiger partial charge in [-0.2, -0.15) is 0 Å². The maximum Gasteiger partial charge on any atom is 0.307 e. The minimum atomic E-state index is -0.256. The van der Waals surface area contributed by atoms with Crippen molar-refractivity contribution in [1.29, 1.82) is 0 Å². The molecule has 0 aromatic carbocycles. The van der Waals surface area contributed by atoms with Gasteiger partial charge in [0.05, 0.1) is 6.26 Å². The number of unbranched alkanes of at least 4 members (excludes halogenated alkanes) is 1. The first-order valence-corrected chi connectivity index (χ1v) is 4.50. The normalized spacial score (nSPS) is 13.2. The van der Waals surface area contributed by atoms with Crippen LogP contribution in [0.4, 0.5) is 0 Å². The quantitative estimate of drug-likeness (QED) is 0.468. The second kappa shape index (κ2) is 6.89. The molecule has 12 heavy (non-hydrogen) atoms. The predicted molar refractivity (Wildman–Crippen MR) is 49.6 cm³/mol. The maximum atomic E-state index is 10.4. The van der Waals surface area contributed by atoms with Crippen molar-refractivity contribution in [3.05, 3.63) is 12.3 Å². The number of hydrogen-bond donors (Lipinski definition) is 0. The summed E-state index contributed by atoms with van der Waals surface area (Å²) in [4.78, 5) is 10.4. The predicted octanol–water partition coefficient (Wildman–Crippen LogP) is 2.89. The topological polar surface area (TPSA) is 26.3 Å². The largest absolute Gasteiger partial charge is 0.435 e. The van der Waals surface area contributed by atoms with Crippen molar-refractivity contribution in [2.75, 3.05) is 0 Å². The summed E-state index contributed by atoms with van der Waals surface area (Å²) < 4.78 is 4.67. The number of carbonyl (C=O) groups excluding carboxylic acids is 1. The molecular formula is C10H18O2. The van der Waals surface area contributed by atoms with E-state index < -0.39 is 0 Å². The highest BCUT2D eigenvalue weighted by molar-refractivity contribution is 5.66. The summed E-state index contributed by atoms with van der Waals surface area (Å²) in [6.07, 6.45) is 7.02. The molecular weight excluding hydrogens is 152 g/mol. The lowest BCUT2D eigenvalue weighted by Gasteiger charge is -2.02. The van der Waals surface area contributed by atoms with E-state index in [1.165, 1.54) is 26.0 Å². The van der Waals surface area contributed by atoms with Gasteiger partial charge in [-0.1, -0.05) is 26.7 Å². The molecule has 0 radical (unpaired) electrons. The van der Waals surface area contributed by atoms with Crippen molar-refractivity contribution in [2.45, 2.75) is 40.0 Å². The van der Waals surface area contributed by atoms with Crippen molar-refractivity contribution < 1.29 is 9.53 Å². The van der Waals surface area contributed by atoms with Crippen molar-refractivity contribution in [3.8, 4) is 0 Å². The summed E-state index contributed by atoms with van der Waals surface area (Å²) in [5, 5.41) is 0. The van der Waals surface area contributed by atoms with Gasteiger partial charge in [0.15, 0.2) is 0 Å². The fourth-order valence-electron chi connectivity index (χ4n) is 0.892. The van der Waals surface area contributed by atoms with Gasteiger partial charge < -0.3 is 4.74 Å². The molecule has 0 heterocycles. The summed E-state index contributed by atoms with van der Waals surface area (Å²) in [5.74, 6) is 0.248. The monoisotopic (exact) mass is 170 g/mol. The molecule has 0 saturated carbocycles. The molecule has 0 aliphatic carbocycles. The van der Waals surface area contributed by atoms with E-state index in [-0.39, 0.29) is 5.97 Å². The van der Waals surface area contributed by atoms with Gasteiger partial charge in [0.25, 0.3) is 0 Å². The van der Waals surface area contributed by atoms with Crippen LogP contribution in [0.5, 0.6) is 0 Å². The molecule has 0 N–H and O–H groups in total. The van der Waals surface area contributed by atoms with Crippen LogP contribution in [0, 0.1) is 5.92 Å². The van der Waals surface area contributed by atoms with E-state index in [9.17, 15) is 4.79 Å². The van der Waals surface area contributed by atoms with Crippen molar-refractivity contribution in [3.63, 3.8) is 0 Å². The third kappa shape index (κ3) is 7.32. The Morgan fingerprint density at radius 2 is 2.25 bits per heavy atom. The summed E-state index contributed by atoms with van der Waals surface area (Å²) >= 11 is 0. The molecule has 0 aliphatic rings. The first kappa shape index (κ1) is 11.2. The molecule has 0 amide bonds. The minimum absolute atomic E-state index is 0.256. The highest BCUT2D eigenvalue weighted by Crippen LogP contribution is 2.08. The Morgan fingerprint density at radius 3 is 2.75 bits per heavy atom. The lowest BCUT2D eigenvalue weighted by molar-refractivity contribution is -0.135. The molecule has 0 saturated heterocycles. The van der Waals surface area contributed by atoms with Crippen molar-refractivity contribution >= 4 is 5.97 Å². The highest BCUT2D eigenvalue weighted by Gasteiger charge is 1.95. The number of esters is 1. The lowest BCUT2D eigenvalue weighted by atomic mass is 10.1. The van der Waals surface area contributed by atoms with Crippen molar-refractivity contribution in [2.24, 2.45) is 5.92 Å². The first-order chi connectivity index (χ1) is 5.66. The smallest absolute Gasteiger partial charge is 0.307 e. The zero-order valence-corrected chi connectivity index (χ0v) is 8.17. The van der Waals surface area contributed by atoms with Crippen LogP contribution in [0.15, 0.2) is 12.3 Å². The average Bonchev–Trinajstić information content (AvgIpc) is 2.00. The second-order valence-corrected chi connectivity index (χ2v) is 3.06. The van der Waals surface area contributed by atoms with Gasteiger partial charge in [0, 0.05) is 6.92 Å². The van der Waals surface area contributed by atoms with Crippen molar-refractivity contribution in [1.82, 2.24) is 0 Å². The zero-order valence-electron chi connectivity index (χ0n) is 8.17. The Labute approximate surface area is 74.6 Å². The number of rotatable bonds is 5. The molecule has 0 spiro atoms. The van der Waals surface area contributed by atoms with Crippen LogP contribution >= 0.6 is 0 Å². The molecule has 70 valence electrons. The number of ether oxygens (including phenoxy) is 1. The molecule has 0 aromatic rings. The van der Waals surface area contributed by atoms with E-state index in [0.29, 0.717) is 5.92 Å². The van der Waals surface area contributed by atoms with E-state index in [1.807, 2.05) is 6.08 Å². The fourth-order valence-corrected chi connectivity index (χ4v) is 0.892. The van der Waals surface area contributed by atoms with E-state index in [4.69, 9.17) is 0 Å². The molecule has 0 bridgehead atoms. The Morgan fingerprint density at radius 1 is 1.58 bits per heavy atom. The van der Waals surface area contributed by atoms with Gasteiger partial charge in [0.1, 0.15) is 0 Å². The van der Waals surface area contributed by atoms with Gasteiger partial charge in [-0.05, 0) is 18.4 Å². The van der Waals surface area contributed by atoms with E-state index in [2.05, 4.69) is 18.6 Å². The van der Waals surface area contributed by atoms with Gasteiger partial charge in [-0.15, -0.1) is 0 Å². The maximum absolute atomic E-state index is 10.4. The van der Waals surface area contributed by atoms with Gasteiger partial charge in [0.2, 0.25) is 0 Å². The van der Waals surface area contributed by atoms with Crippen LogP contribution < -0.4 is 0 Å². The fraction of sp³-hybridized carbons (Fsp3) is 0.700. The van der Waals surface area contributed by atoms with Gasteiger partial charge >= 0.3 is 5.97 Å². The summed E-state index contributed by atoms with van der Waals surface area (Å²) in [6.45, 7) is 5.69. The van der Waals surface area contributed by atoms with E-state index in [0.717, 1.165) is 6.42 Å².